The van der Waals surface area contributed by atoms with E-state index >= 15 is 0 Å². The van der Waals surface area contributed by atoms with Crippen LogP contribution in [0, 0.1) is 0 Å². The molecule has 0 spiro atoms. The third-order valence-electron chi connectivity index (χ3n) is 3.04. The van der Waals surface area contributed by atoms with Crippen molar-refractivity contribution in [2.24, 2.45) is 0 Å². The normalized spacial score (nSPS) is 28.2. The number of carboxylic acids is 1. The molecule has 0 aromatic carbocycles. The van der Waals surface area contributed by atoms with Crippen LogP contribution in [0.15, 0.2) is 18.3 Å². The highest BCUT2D eigenvalue weighted by atomic mass is 16.5. The van der Waals surface area contributed by atoms with Gasteiger partial charge in [-0.25, -0.2) is 0 Å². The largest absolute Gasteiger partial charge is 0.495 e. The van der Waals surface area contributed by atoms with E-state index in [2.05, 4.69) is 4.98 Å². The number of ether oxygens (including phenoxy) is 1. The monoisotopic (exact) mass is 223 g/mol. The molecule has 0 radical (unpaired) electrons. The van der Waals surface area contributed by atoms with E-state index in [1.54, 1.807) is 12.1 Å². The van der Waals surface area contributed by atoms with Crippen molar-refractivity contribution in [1.82, 2.24) is 4.98 Å². The predicted octanol–water partition coefficient (Wildman–Crippen LogP) is 0.567. The van der Waals surface area contributed by atoms with E-state index in [1.165, 1.54) is 13.3 Å². The van der Waals surface area contributed by atoms with E-state index < -0.39 is 17.5 Å². The lowest BCUT2D eigenvalue weighted by atomic mass is 9.64. The van der Waals surface area contributed by atoms with Crippen LogP contribution in [-0.4, -0.2) is 34.4 Å². The average Bonchev–Trinajstić information content (AvgIpc) is 2.24. The summed E-state index contributed by atoms with van der Waals surface area (Å²) in [5.74, 6) is -0.348. The summed E-state index contributed by atoms with van der Waals surface area (Å²) in [5, 5.41) is 18.5. The summed E-state index contributed by atoms with van der Waals surface area (Å²) in [6.07, 6.45) is 1.40. The summed E-state index contributed by atoms with van der Waals surface area (Å²) in [7, 11) is 1.52. The zero-order valence-electron chi connectivity index (χ0n) is 8.88. The molecule has 16 heavy (non-hydrogen) atoms. The first kappa shape index (κ1) is 10.9. The van der Waals surface area contributed by atoms with E-state index in [1.807, 2.05) is 0 Å². The summed E-state index contributed by atoms with van der Waals surface area (Å²) in [4.78, 5) is 15.3. The molecule has 0 unspecified atom stereocenters. The number of aromatic nitrogens is 1. The molecule has 1 saturated carbocycles. The Balaban J connectivity index is 2.30. The molecule has 1 fully saturated rings. The lowest BCUT2D eigenvalue weighted by molar-refractivity contribution is -0.153. The third-order valence-corrected chi connectivity index (χ3v) is 3.04. The van der Waals surface area contributed by atoms with Crippen LogP contribution in [0.1, 0.15) is 18.5 Å². The van der Waals surface area contributed by atoms with Crippen molar-refractivity contribution in [3.05, 3.63) is 24.0 Å². The van der Waals surface area contributed by atoms with Crippen molar-refractivity contribution < 1.29 is 19.7 Å². The number of carbonyl (C=O) groups is 1. The van der Waals surface area contributed by atoms with Crippen LogP contribution in [0.4, 0.5) is 0 Å². The van der Waals surface area contributed by atoms with E-state index in [9.17, 15) is 15.0 Å². The Morgan fingerprint density at radius 1 is 1.56 bits per heavy atom. The fourth-order valence-corrected chi connectivity index (χ4v) is 2.02. The summed E-state index contributed by atoms with van der Waals surface area (Å²) in [5.41, 5.74) is -0.544. The minimum Gasteiger partial charge on any atom is -0.495 e. The van der Waals surface area contributed by atoms with Gasteiger partial charge in [-0.2, -0.15) is 0 Å². The quantitative estimate of drug-likeness (QED) is 0.783. The van der Waals surface area contributed by atoms with Gasteiger partial charge >= 0.3 is 5.97 Å². The molecule has 0 aliphatic heterocycles. The Hall–Kier alpha value is -1.62. The van der Waals surface area contributed by atoms with E-state index in [-0.39, 0.29) is 12.8 Å². The first-order valence-electron chi connectivity index (χ1n) is 5.00. The second-order valence-electron chi connectivity index (χ2n) is 4.03. The molecule has 0 bridgehead atoms. The minimum atomic E-state index is -1.02. The zero-order chi connectivity index (χ0) is 11.8. The van der Waals surface area contributed by atoms with Crippen molar-refractivity contribution in [2.75, 3.05) is 7.11 Å². The Labute approximate surface area is 92.7 Å². The molecule has 0 saturated heterocycles. The van der Waals surface area contributed by atoms with Crippen LogP contribution in [0.5, 0.6) is 5.75 Å². The number of pyridine rings is 1. The Kier molecular flexibility index (Phi) is 2.55. The smallest absolute Gasteiger partial charge is 0.315 e. The molecule has 86 valence electrons. The average molecular weight is 223 g/mol. The molecule has 1 heterocycles. The molecule has 0 amide bonds. The van der Waals surface area contributed by atoms with Gasteiger partial charge in [0.1, 0.15) is 11.2 Å². The zero-order valence-corrected chi connectivity index (χ0v) is 8.88. The van der Waals surface area contributed by atoms with E-state index in [0.29, 0.717) is 11.4 Å². The number of nitrogens with zero attached hydrogens (tertiary/aromatic N) is 1. The third kappa shape index (κ3) is 1.53. The fourth-order valence-electron chi connectivity index (χ4n) is 2.02. The first-order chi connectivity index (χ1) is 7.58. The molecule has 1 aromatic rings. The molecule has 5 heteroatoms. The number of aliphatic hydroxyl groups is 1. The van der Waals surface area contributed by atoms with Gasteiger partial charge in [-0.1, -0.05) is 0 Å². The minimum absolute atomic E-state index is 0.224. The Bertz CT molecular complexity index is 395. The highest BCUT2D eigenvalue weighted by Gasteiger charge is 2.52. The van der Waals surface area contributed by atoms with E-state index in [4.69, 9.17) is 4.74 Å². The summed E-state index contributed by atoms with van der Waals surface area (Å²) in [6.45, 7) is 0. The number of hydrogen-bond acceptors (Lipinski definition) is 4. The van der Waals surface area contributed by atoms with Crippen molar-refractivity contribution in [1.29, 1.82) is 0 Å². The topological polar surface area (TPSA) is 79.7 Å². The van der Waals surface area contributed by atoms with Crippen LogP contribution >= 0.6 is 0 Å². The molecule has 2 rings (SSSR count). The highest BCUT2D eigenvalue weighted by Crippen LogP contribution is 2.43. The van der Waals surface area contributed by atoms with Gasteiger partial charge in [0.05, 0.1) is 25.1 Å². The maximum Gasteiger partial charge on any atom is 0.315 e. The SMILES string of the molecule is COc1ccc(C2(C(=O)O)CC(O)C2)nc1. The number of carboxylic acid groups (broad SMARTS) is 1. The molecule has 2 N–H and O–H groups in total. The van der Waals surface area contributed by atoms with Gasteiger partial charge in [-0.05, 0) is 25.0 Å². The van der Waals surface area contributed by atoms with Crippen molar-refractivity contribution >= 4 is 5.97 Å². The van der Waals surface area contributed by atoms with Gasteiger partial charge in [-0.3, -0.25) is 9.78 Å². The van der Waals surface area contributed by atoms with Crippen LogP contribution in [0.2, 0.25) is 0 Å². The standard InChI is InChI=1S/C11H13NO4/c1-16-8-2-3-9(12-6-8)11(10(14)15)4-7(13)5-11/h2-3,6-7,13H,4-5H2,1H3,(H,14,15). The molecular formula is C11H13NO4. The number of aliphatic hydroxyl groups excluding tert-OH is 1. The Morgan fingerprint density at radius 2 is 2.25 bits per heavy atom. The number of hydrogen-bond donors (Lipinski definition) is 2. The summed E-state index contributed by atoms with van der Waals surface area (Å²) in [6, 6.07) is 3.32. The Morgan fingerprint density at radius 3 is 2.62 bits per heavy atom. The number of methoxy groups -OCH3 is 1. The second kappa shape index (κ2) is 3.75. The second-order valence-corrected chi connectivity index (χ2v) is 4.03. The number of aliphatic carboxylic acids is 1. The van der Waals surface area contributed by atoms with Crippen LogP contribution < -0.4 is 4.74 Å². The van der Waals surface area contributed by atoms with Crippen LogP contribution in [0.3, 0.4) is 0 Å². The molecule has 5 nitrogen and oxygen atoms in total. The molecule has 1 aliphatic rings. The van der Waals surface area contributed by atoms with Crippen LogP contribution in [0.25, 0.3) is 0 Å². The number of rotatable bonds is 3. The molecular weight excluding hydrogens is 210 g/mol. The fraction of sp³-hybridized carbons (Fsp3) is 0.455. The van der Waals surface area contributed by atoms with Crippen molar-refractivity contribution in [3.8, 4) is 5.75 Å². The lowest BCUT2D eigenvalue weighted by Gasteiger charge is -2.41. The van der Waals surface area contributed by atoms with Gasteiger partial charge in [-0.15, -0.1) is 0 Å². The molecule has 1 aromatic heterocycles. The lowest BCUT2D eigenvalue weighted by Crippen LogP contribution is -2.51. The first-order valence-corrected chi connectivity index (χ1v) is 5.00. The maximum absolute atomic E-state index is 11.2. The van der Waals surface area contributed by atoms with Gasteiger partial charge in [0.15, 0.2) is 0 Å². The summed E-state index contributed by atoms with van der Waals surface area (Å²) < 4.78 is 4.96. The molecule has 0 atom stereocenters. The van der Waals surface area contributed by atoms with Gasteiger partial charge in [0.2, 0.25) is 0 Å². The predicted molar refractivity (Wildman–Crippen MR) is 55.3 cm³/mol. The van der Waals surface area contributed by atoms with Crippen molar-refractivity contribution in [2.45, 2.75) is 24.4 Å². The van der Waals surface area contributed by atoms with Crippen molar-refractivity contribution in [3.63, 3.8) is 0 Å². The van der Waals surface area contributed by atoms with Gasteiger partial charge < -0.3 is 14.9 Å². The van der Waals surface area contributed by atoms with Gasteiger partial charge in [0.25, 0.3) is 0 Å². The van der Waals surface area contributed by atoms with Crippen LogP contribution in [-0.2, 0) is 10.2 Å². The van der Waals surface area contributed by atoms with Gasteiger partial charge in [0, 0.05) is 0 Å². The highest BCUT2D eigenvalue weighted by molar-refractivity contribution is 5.82. The molecule has 1 aliphatic carbocycles. The maximum atomic E-state index is 11.2. The summed E-state index contributed by atoms with van der Waals surface area (Å²) >= 11 is 0. The van der Waals surface area contributed by atoms with E-state index in [0.717, 1.165) is 0 Å².